The predicted molar refractivity (Wildman–Crippen MR) is 173 cm³/mol. The molecule has 1 amide bonds. The van der Waals surface area contributed by atoms with Crippen LogP contribution >= 0.6 is 11.3 Å². The molecule has 9 nitrogen and oxygen atoms in total. The summed E-state index contributed by atoms with van der Waals surface area (Å²) >= 11 is 1.33. The number of carbonyl (C=O) groups excluding carboxylic acids is 1. The van der Waals surface area contributed by atoms with Gasteiger partial charge in [0.15, 0.2) is 0 Å². The van der Waals surface area contributed by atoms with E-state index in [9.17, 15) is 14.7 Å². The van der Waals surface area contributed by atoms with Gasteiger partial charge in [0.1, 0.15) is 21.9 Å². The Kier molecular flexibility index (Phi) is 9.60. The van der Waals surface area contributed by atoms with Gasteiger partial charge in [0.2, 0.25) is 11.8 Å². The molecular formula is C33H37N5O4S. The van der Waals surface area contributed by atoms with Crippen LogP contribution in [0.1, 0.15) is 52.5 Å². The van der Waals surface area contributed by atoms with Crippen LogP contribution < -0.4 is 20.3 Å². The lowest BCUT2D eigenvalue weighted by Crippen LogP contribution is -2.37. The molecule has 0 spiro atoms. The molecule has 4 aromatic heterocycles. The number of aromatic nitrogens is 4. The molecule has 43 heavy (non-hydrogen) atoms. The zero-order valence-electron chi connectivity index (χ0n) is 22.5. The zero-order chi connectivity index (χ0) is 28.5. The third-order valence-electron chi connectivity index (χ3n) is 7.51. The van der Waals surface area contributed by atoms with Crippen molar-refractivity contribution in [3.63, 3.8) is 0 Å². The number of nitrogens with one attached hydrogen (secondary N) is 1. The number of hydrogen-bond donors (Lipinski definition) is 2. The van der Waals surface area contributed by atoms with Gasteiger partial charge in [-0.05, 0) is 61.9 Å². The number of aliphatic hydroxyl groups is 1. The number of hydrogen-bond acceptors (Lipinski definition) is 8. The van der Waals surface area contributed by atoms with Crippen molar-refractivity contribution in [3.8, 4) is 17.3 Å². The van der Waals surface area contributed by atoms with Crippen LogP contribution in [-0.2, 0) is 4.79 Å². The molecule has 0 bridgehead atoms. The first kappa shape index (κ1) is 31.4. The van der Waals surface area contributed by atoms with Gasteiger partial charge in [-0.3, -0.25) is 9.36 Å². The molecule has 1 saturated carbocycles. The molecule has 6 rings (SSSR count). The average molecular weight is 600 g/mol. The summed E-state index contributed by atoms with van der Waals surface area (Å²) in [6.07, 6.45) is 8.59. The summed E-state index contributed by atoms with van der Waals surface area (Å²) in [5.74, 6) is 1.31. The molecular weight excluding hydrogens is 562 g/mol. The normalized spacial score (nSPS) is 17.0. The molecule has 2 atom stereocenters. The maximum atomic E-state index is 13.5. The summed E-state index contributed by atoms with van der Waals surface area (Å²) in [7, 11) is 0. The van der Waals surface area contributed by atoms with Crippen molar-refractivity contribution in [1.29, 1.82) is 0 Å². The lowest BCUT2D eigenvalue weighted by molar-refractivity contribution is -0.117. The first-order valence-corrected chi connectivity index (χ1v) is 14.4. The first-order chi connectivity index (χ1) is 19.9. The molecule has 1 fully saturated rings. The van der Waals surface area contributed by atoms with E-state index in [0.717, 1.165) is 36.6 Å². The minimum atomic E-state index is -0.469. The Morgan fingerprint density at radius 3 is 2.74 bits per heavy atom. The van der Waals surface area contributed by atoms with Crippen LogP contribution in [0.2, 0.25) is 0 Å². The third-order valence-corrected chi connectivity index (χ3v) is 8.64. The second-order valence-corrected chi connectivity index (χ2v) is 11.3. The van der Waals surface area contributed by atoms with Gasteiger partial charge in [0, 0.05) is 24.7 Å². The molecule has 0 saturated heterocycles. The number of ether oxygens (including phenoxy) is 1. The summed E-state index contributed by atoms with van der Waals surface area (Å²) in [6.45, 7) is 5.42. The van der Waals surface area contributed by atoms with Crippen LogP contribution in [0.5, 0.6) is 11.6 Å². The van der Waals surface area contributed by atoms with Gasteiger partial charge >= 0.3 is 5.69 Å². The van der Waals surface area contributed by atoms with Crippen LogP contribution in [0.3, 0.4) is 0 Å². The van der Waals surface area contributed by atoms with E-state index in [0.29, 0.717) is 44.1 Å². The average Bonchev–Trinajstić information content (AvgIpc) is 3.34. The summed E-state index contributed by atoms with van der Waals surface area (Å²) in [6, 6.07) is 13.0. The summed E-state index contributed by atoms with van der Waals surface area (Å²) < 4.78 is 7.96. The summed E-state index contributed by atoms with van der Waals surface area (Å²) in [4.78, 5) is 39.4. The van der Waals surface area contributed by atoms with Gasteiger partial charge in [-0.15, -0.1) is 11.3 Å². The fraction of sp³-hybridized carbons (Fsp3) is 0.303. The highest BCUT2D eigenvalue weighted by Crippen LogP contribution is 2.32. The Morgan fingerprint density at radius 2 is 2.00 bits per heavy atom. The van der Waals surface area contributed by atoms with E-state index in [2.05, 4.69) is 26.8 Å². The Balaban J connectivity index is 0.00000212. The number of para-hydroxylation sites is 1. The van der Waals surface area contributed by atoms with Gasteiger partial charge in [-0.2, -0.15) is 4.98 Å². The number of rotatable bonds is 7. The van der Waals surface area contributed by atoms with E-state index >= 15 is 0 Å². The highest BCUT2D eigenvalue weighted by molar-refractivity contribution is 7.17. The molecule has 1 aliphatic rings. The van der Waals surface area contributed by atoms with Gasteiger partial charge in [0.05, 0.1) is 27.3 Å². The topological polar surface area (TPSA) is 119 Å². The third kappa shape index (κ3) is 6.29. The number of carbonyl (C=O) groups is 1. The van der Waals surface area contributed by atoms with Gasteiger partial charge in [0.25, 0.3) is 0 Å². The molecule has 1 aliphatic carbocycles. The molecule has 0 aliphatic heterocycles. The van der Waals surface area contributed by atoms with Crippen molar-refractivity contribution in [2.75, 3.05) is 0 Å². The molecule has 0 radical (unpaired) electrons. The maximum Gasteiger partial charge on any atom is 0.353 e. The monoisotopic (exact) mass is 599 g/mol. The van der Waals surface area contributed by atoms with E-state index in [1.165, 1.54) is 22.0 Å². The largest absolute Gasteiger partial charge is 0.511 e. The van der Waals surface area contributed by atoms with E-state index < -0.39 is 5.69 Å². The van der Waals surface area contributed by atoms with Crippen molar-refractivity contribution < 1.29 is 14.6 Å². The molecule has 0 unspecified atom stereocenters. The van der Waals surface area contributed by atoms with E-state index in [-0.39, 0.29) is 38.5 Å². The molecule has 5 aromatic rings. The number of benzene rings is 1. The second kappa shape index (κ2) is 13.2. The van der Waals surface area contributed by atoms with Crippen molar-refractivity contribution in [1.82, 2.24) is 24.8 Å². The van der Waals surface area contributed by atoms with E-state index in [4.69, 9.17) is 4.74 Å². The Labute approximate surface area is 254 Å². The predicted octanol–water partition coefficient (Wildman–Crippen LogP) is 6.40. The van der Waals surface area contributed by atoms with Crippen LogP contribution in [0.15, 0.2) is 72.3 Å². The SMILES string of the molecule is C.C.C=CC(=O)N[C@H]1CCC[C@H](CC(O)=c2sc3nccc4c3c2nc(=O)n4-c2cnc(Oc3ccccc3)cc2C)C1. The van der Waals surface area contributed by atoms with E-state index in [1.807, 2.05) is 37.3 Å². The fourth-order valence-electron chi connectivity index (χ4n) is 5.62. The number of amides is 1. The van der Waals surface area contributed by atoms with Gasteiger partial charge in [-0.1, -0.05) is 46.1 Å². The van der Waals surface area contributed by atoms with Crippen molar-refractivity contribution in [2.24, 2.45) is 5.92 Å². The second-order valence-electron chi connectivity index (χ2n) is 10.3. The van der Waals surface area contributed by atoms with Crippen LogP contribution in [0.4, 0.5) is 0 Å². The Bertz CT molecular complexity index is 1880. The molecule has 224 valence electrons. The lowest BCUT2D eigenvalue weighted by atomic mass is 9.83. The maximum absolute atomic E-state index is 13.5. The minimum Gasteiger partial charge on any atom is -0.511 e. The lowest BCUT2D eigenvalue weighted by Gasteiger charge is -2.29. The fourth-order valence-corrected chi connectivity index (χ4v) is 6.67. The number of thiophene rings is 1. The number of aliphatic hydroxyl groups excluding tert-OH is 1. The smallest absolute Gasteiger partial charge is 0.353 e. The first-order valence-electron chi connectivity index (χ1n) is 13.6. The number of pyridine rings is 2. The van der Waals surface area contributed by atoms with Gasteiger partial charge < -0.3 is 15.2 Å². The minimum absolute atomic E-state index is 0. The molecule has 10 heteroatoms. The zero-order valence-corrected chi connectivity index (χ0v) is 23.4. The van der Waals surface area contributed by atoms with E-state index in [1.54, 1.807) is 24.5 Å². The highest BCUT2D eigenvalue weighted by atomic mass is 32.1. The standard InChI is InChI=1S/C31H29N5O4S.2CH4/c1-3-25(38)34-20-9-7-8-19(15-20)16-24(37)29-28-27-22(12-13-32-30(27)41-29)36(31(39)35-28)23-17-33-26(14-18(23)2)40-21-10-5-4-6-11-21;;/h3-6,10-14,17,19-20,37H,1,7-9,15-16H2,2H3,(H,34,38);2*1H4/t19-,20-;;/m0../s1. The number of aryl methyl sites for hydroxylation is 1. The Hall–Kier alpha value is -4.57. The highest BCUT2D eigenvalue weighted by Gasteiger charge is 2.25. The van der Waals surface area contributed by atoms with Crippen LogP contribution in [0, 0.1) is 12.8 Å². The Morgan fingerprint density at radius 1 is 1.21 bits per heavy atom. The summed E-state index contributed by atoms with van der Waals surface area (Å²) in [5, 5.41) is 15.0. The van der Waals surface area contributed by atoms with Crippen molar-refractivity contribution >= 4 is 44.3 Å². The van der Waals surface area contributed by atoms with Gasteiger partial charge in [-0.25, -0.2) is 14.8 Å². The van der Waals surface area contributed by atoms with Crippen molar-refractivity contribution in [3.05, 3.63) is 88.1 Å². The van der Waals surface area contributed by atoms with Crippen LogP contribution in [0.25, 0.3) is 32.7 Å². The number of nitrogens with zero attached hydrogens (tertiary/aromatic N) is 4. The summed E-state index contributed by atoms with van der Waals surface area (Å²) in [5.41, 5.74) is 2.01. The van der Waals surface area contributed by atoms with Crippen LogP contribution in [-0.4, -0.2) is 36.6 Å². The molecule has 4 heterocycles. The quantitative estimate of drug-likeness (QED) is 0.208. The van der Waals surface area contributed by atoms with Crippen molar-refractivity contribution in [2.45, 2.75) is 59.9 Å². The molecule has 1 aromatic carbocycles. The molecule has 2 N–H and O–H groups in total.